The summed E-state index contributed by atoms with van der Waals surface area (Å²) in [7, 11) is 0. The van der Waals surface area contributed by atoms with Crippen molar-refractivity contribution in [2.75, 3.05) is 24.6 Å². The summed E-state index contributed by atoms with van der Waals surface area (Å²) in [6, 6.07) is 10.9. The van der Waals surface area contributed by atoms with Gasteiger partial charge in [-0.3, -0.25) is 9.20 Å². The molecule has 3 aromatic rings. The third-order valence-corrected chi connectivity index (χ3v) is 4.74. The van der Waals surface area contributed by atoms with E-state index in [1.54, 1.807) is 16.7 Å². The van der Waals surface area contributed by atoms with E-state index in [0.29, 0.717) is 24.1 Å². The largest absolute Gasteiger partial charge is 0.476 e. The zero-order valence-corrected chi connectivity index (χ0v) is 14.7. The van der Waals surface area contributed by atoms with Gasteiger partial charge in [0.1, 0.15) is 11.5 Å². The first kappa shape index (κ1) is 16.5. The normalized spacial score (nSPS) is 15.3. The van der Waals surface area contributed by atoms with E-state index in [1.807, 2.05) is 37.3 Å². The number of aromatic nitrogens is 4. The third-order valence-electron chi connectivity index (χ3n) is 4.74. The average Bonchev–Trinajstić information content (AvgIpc) is 2.68. The predicted octanol–water partition coefficient (Wildman–Crippen LogP) is 2.09. The van der Waals surface area contributed by atoms with Gasteiger partial charge >= 0.3 is 0 Å². The summed E-state index contributed by atoms with van der Waals surface area (Å²) in [5.41, 5.74) is 1.51. The molecule has 4 rings (SSSR count). The van der Waals surface area contributed by atoms with E-state index in [-0.39, 0.29) is 5.56 Å². The van der Waals surface area contributed by atoms with Crippen LogP contribution in [0.4, 0.5) is 5.82 Å². The summed E-state index contributed by atoms with van der Waals surface area (Å²) in [6.45, 7) is 4.27. The van der Waals surface area contributed by atoms with Crippen molar-refractivity contribution in [1.29, 1.82) is 0 Å². The maximum absolute atomic E-state index is 12.3. The molecule has 0 saturated carbocycles. The van der Waals surface area contributed by atoms with Gasteiger partial charge in [-0.2, -0.15) is 5.10 Å². The molecule has 1 saturated heterocycles. The summed E-state index contributed by atoms with van der Waals surface area (Å²) in [5, 5.41) is 8.04. The minimum Gasteiger partial charge on any atom is -0.476 e. The van der Waals surface area contributed by atoms with Crippen molar-refractivity contribution in [3.63, 3.8) is 0 Å². The highest BCUT2D eigenvalue weighted by atomic mass is 16.5. The van der Waals surface area contributed by atoms with E-state index in [0.717, 1.165) is 37.4 Å². The van der Waals surface area contributed by atoms with Gasteiger partial charge < -0.3 is 9.64 Å². The van der Waals surface area contributed by atoms with Crippen LogP contribution in [0.2, 0.25) is 0 Å². The number of rotatable bonds is 4. The van der Waals surface area contributed by atoms with Crippen LogP contribution >= 0.6 is 0 Å². The maximum Gasteiger partial charge on any atom is 0.259 e. The second-order valence-corrected chi connectivity index (χ2v) is 6.64. The fraction of sp³-hybridized carbons (Fsp3) is 0.368. The highest BCUT2D eigenvalue weighted by Gasteiger charge is 2.21. The lowest BCUT2D eigenvalue weighted by molar-refractivity contribution is 0.214. The number of pyridine rings is 1. The number of aryl methyl sites for hydroxylation is 1. The number of anilines is 1. The Morgan fingerprint density at radius 3 is 2.77 bits per heavy atom. The average molecular weight is 351 g/mol. The second-order valence-electron chi connectivity index (χ2n) is 6.64. The Labute approximate surface area is 151 Å². The molecular weight excluding hydrogens is 330 g/mol. The molecule has 7 nitrogen and oxygen atoms in total. The second kappa shape index (κ2) is 7.11. The molecule has 0 aromatic carbocycles. The Bertz CT molecular complexity index is 946. The molecule has 26 heavy (non-hydrogen) atoms. The molecular formula is C19H21N5O2. The maximum atomic E-state index is 12.3. The molecule has 7 heteroatoms. The van der Waals surface area contributed by atoms with Crippen LogP contribution in [-0.4, -0.2) is 39.3 Å². The lowest BCUT2D eigenvalue weighted by atomic mass is 9.98. The van der Waals surface area contributed by atoms with Crippen LogP contribution < -0.4 is 15.2 Å². The van der Waals surface area contributed by atoms with Gasteiger partial charge in [-0.25, -0.2) is 4.98 Å². The zero-order chi connectivity index (χ0) is 17.9. The number of piperidine rings is 1. The van der Waals surface area contributed by atoms with Gasteiger partial charge in [0, 0.05) is 31.4 Å². The van der Waals surface area contributed by atoms with Gasteiger partial charge in [0.05, 0.1) is 12.3 Å². The molecule has 0 spiro atoms. The van der Waals surface area contributed by atoms with E-state index in [4.69, 9.17) is 4.74 Å². The smallest absolute Gasteiger partial charge is 0.259 e. The van der Waals surface area contributed by atoms with Crippen molar-refractivity contribution >= 4 is 11.5 Å². The van der Waals surface area contributed by atoms with Gasteiger partial charge in [-0.15, -0.1) is 5.10 Å². The predicted molar refractivity (Wildman–Crippen MR) is 98.7 cm³/mol. The highest BCUT2D eigenvalue weighted by molar-refractivity contribution is 5.48. The summed E-state index contributed by atoms with van der Waals surface area (Å²) in [4.78, 5) is 19.1. The number of nitrogens with zero attached hydrogens (tertiary/aromatic N) is 5. The monoisotopic (exact) mass is 351 g/mol. The molecule has 1 fully saturated rings. The summed E-state index contributed by atoms with van der Waals surface area (Å²) in [5.74, 6) is 1.79. The summed E-state index contributed by atoms with van der Waals surface area (Å²) < 4.78 is 7.32. The molecule has 0 radical (unpaired) electrons. The Kier molecular flexibility index (Phi) is 4.51. The Morgan fingerprint density at radius 2 is 2.00 bits per heavy atom. The number of fused-ring (bicyclic) bond motifs is 1. The fourth-order valence-electron chi connectivity index (χ4n) is 3.20. The molecule has 0 atom stereocenters. The Balaban J connectivity index is 1.37. The molecule has 0 unspecified atom stereocenters. The minimum atomic E-state index is -0.0472. The molecule has 0 bridgehead atoms. The van der Waals surface area contributed by atoms with Crippen LogP contribution in [0.5, 0.6) is 5.88 Å². The molecule has 3 aromatic heterocycles. The molecule has 0 N–H and O–H groups in total. The van der Waals surface area contributed by atoms with Crippen LogP contribution in [0.3, 0.4) is 0 Å². The van der Waals surface area contributed by atoms with Gasteiger partial charge in [-0.1, -0.05) is 6.07 Å². The highest BCUT2D eigenvalue weighted by Crippen LogP contribution is 2.22. The van der Waals surface area contributed by atoms with Gasteiger partial charge in [-0.05, 0) is 43.9 Å². The van der Waals surface area contributed by atoms with Crippen LogP contribution in [0, 0.1) is 12.8 Å². The van der Waals surface area contributed by atoms with Crippen molar-refractivity contribution < 1.29 is 4.74 Å². The van der Waals surface area contributed by atoms with E-state index in [9.17, 15) is 4.79 Å². The van der Waals surface area contributed by atoms with Gasteiger partial charge in [0.15, 0.2) is 0 Å². The molecule has 0 aliphatic carbocycles. The van der Waals surface area contributed by atoms with E-state index in [2.05, 4.69) is 20.1 Å². The quantitative estimate of drug-likeness (QED) is 0.717. The lowest BCUT2D eigenvalue weighted by Gasteiger charge is -2.32. The van der Waals surface area contributed by atoms with Crippen molar-refractivity contribution in [2.24, 2.45) is 5.92 Å². The van der Waals surface area contributed by atoms with Crippen LogP contribution in [0.1, 0.15) is 18.5 Å². The van der Waals surface area contributed by atoms with Crippen LogP contribution in [0.15, 0.2) is 47.4 Å². The summed E-state index contributed by atoms with van der Waals surface area (Å²) >= 11 is 0. The van der Waals surface area contributed by atoms with Crippen molar-refractivity contribution in [1.82, 2.24) is 19.6 Å². The van der Waals surface area contributed by atoms with Gasteiger partial charge in [0.25, 0.3) is 5.56 Å². The Morgan fingerprint density at radius 1 is 1.15 bits per heavy atom. The van der Waals surface area contributed by atoms with Crippen molar-refractivity contribution in [3.05, 3.63) is 58.6 Å². The molecule has 0 amide bonds. The first-order valence-corrected chi connectivity index (χ1v) is 8.85. The standard InChI is InChI=1S/C19H21N5O2/c1-14-5-6-18(22-21-14)26-13-15-7-10-23(11-8-15)17-12-19(25)24-9-3-2-4-16(24)20-17/h2-6,9,12,15H,7-8,10-11,13H2,1H3. The zero-order valence-electron chi connectivity index (χ0n) is 14.7. The summed E-state index contributed by atoms with van der Waals surface area (Å²) in [6.07, 6.45) is 3.73. The molecule has 1 aliphatic rings. The first-order valence-electron chi connectivity index (χ1n) is 8.85. The number of hydrogen-bond acceptors (Lipinski definition) is 6. The van der Waals surface area contributed by atoms with E-state index in [1.165, 1.54) is 0 Å². The van der Waals surface area contributed by atoms with E-state index < -0.39 is 0 Å². The molecule has 1 aliphatic heterocycles. The van der Waals surface area contributed by atoms with E-state index >= 15 is 0 Å². The SMILES string of the molecule is Cc1ccc(OCC2CCN(c3cc(=O)n4ccccc4n3)CC2)nn1. The first-order chi connectivity index (χ1) is 12.7. The Hall–Kier alpha value is -2.96. The topological polar surface area (TPSA) is 72.6 Å². The van der Waals surface area contributed by atoms with Gasteiger partial charge in [0.2, 0.25) is 5.88 Å². The number of hydrogen-bond donors (Lipinski definition) is 0. The molecule has 134 valence electrons. The third kappa shape index (κ3) is 3.51. The minimum absolute atomic E-state index is 0.0472. The van der Waals surface area contributed by atoms with Crippen LogP contribution in [-0.2, 0) is 0 Å². The number of ether oxygens (including phenoxy) is 1. The lowest BCUT2D eigenvalue weighted by Crippen LogP contribution is -2.37. The molecule has 4 heterocycles. The van der Waals surface area contributed by atoms with Crippen LogP contribution in [0.25, 0.3) is 5.65 Å². The van der Waals surface area contributed by atoms with Crippen molar-refractivity contribution in [2.45, 2.75) is 19.8 Å². The van der Waals surface area contributed by atoms with Crippen molar-refractivity contribution in [3.8, 4) is 5.88 Å². The fourth-order valence-corrected chi connectivity index (χ4v) is 3.20.